The van der Waals surface area contributed by atoms with Crippen molar-refractivity contribution in [3.8, 4) is 0 Å². The number of likely N-dealkylation sites (tertiary alicyclic amines) is 2. The number of nitrogens with zero attached hydrogens (tertiary/aromatic N) is 3. The maximum absolute atomic E-state index is 13.4. The lowest BCUT2D eigenvalue weighted by Gasteiger charge is -2.28. The molecular formula is C29H36N4O4. The van der Waals surface area contributed by atoms with Crippen LogP contribution in [0.2, 0.25) is 0 Å². The molecule has 0 radical (unpaired) electrons. The number of amides is 2. The molecule has 0 bridgehead atoms. The van der Waals surface area contributed by atoms with E-state index in [1.54, 1.807) is 17.7 Å². The van der Waals surface area contributed by atoms with Gasteiger partial charge in [-0.05, 0) is 43.2 Å². The number of rotatable bonds is 7. The molecular weight excluding hydrogens is 468 g/mol. The summed E-state index contributed by atoms with van der Waals surface area (Å²) in [6.07, 6.45) is 1.52. The zero-order chi connectivity index (χ0) is 26.3. The number of benzene rings is 1. The highest BCUT2D eigenvalue weighted by atomic mass is 16.2. The predicted molar refractivity (Wildman–Crippen MR) is 140 cm³/mol. The van der Waals surface area contributed by atoms with Crippen LogP contribution in [-0.2, 0) is 16.6 Å². The summed E-state index contributed by atoms with van der Waals surface area (Å²) in [5.41, 5.74) is 3.10. The largest absolute Gasteiger partial charge is 0.349 e. The van der Waals surface area contributed by atoms with Crippen LogP contribution in [0.1, 0.15) is 52.5 Å². The summed E-state index contributed by atoms with van der Waals surface area (Å²) < 4.78 is 1.55. The summed E-state index contributed by atoms with van der Waals surface area (Å²) >= 11 is 0. The molecule has 5 rings (SSSR count). The molecule has 0 spiro atoms. The standard InChI is InChI=1S/C29H36N4O4/c1-18-11-26(35)31(3)19(2)27(18)29(37)33-16-22-14-32(15-23(22)17-33)10-9-25(20-7-5-4-6-8-20)30-28(36)21-12-24(34)13-21/h4-8,11,21-23,25H,9-10,12-17H2,1-3H3,(H,30,36)/t22-,23?,25?/m0/s1. The number of ketones is 1. The third kappa shape index (κ3) is 5.12. The zero-order valence-corrected chi connectivity index (χ0v) is 21.9. The quantitative estimate of drug-likeness (QED) is 0.625. The number of hydrogen-bond donors (Lipinski definition) is 1. The lowest BCUT2D eigenvalue weighted by molar-refractivity contribution is -0.138. The predicted octanol–water partition coefficient (Wildman–Crippen LogP) is 2.23. The van der Waals surface area contributed by atoms with Crippen LogP contribution in [0.3, 0.4) is 0 Å². The molecule has 2 unspecified atom stereocenters. The van der Waals surface area contributed by atoms with Crippen molar-refractivity contribution in [2.24, 2.45) is 24.8 Å². The van der Waals surface area contributed by atoms with Crippen molar-refractivity contribution in [3.63, 3.8) is 0 Å². The van der Waals surface area contributed by atoms with E-state index in [1.807, 2.05) is 49.1 Å². The smallest absolute Gasteiger partial charge is 0.255 e. The Balaban J connectivity index is 1.18. The Labute approximate surface area is 217 Å². The average molecular weight is 505 g/mol. The number of hydrogen-bond acceptors (Lipinski definition) is 5. The van der Waals surface area contributed by atoms with Gasteiger partial charge in [0.2, 0.25) is 5.91 Å². The first-order valence-corrected chi connectivity index (χ1v) is 13.3. The van der Waals surface area contributed by atoms with Crippen molar-refractivity contribution in [1.82, 2.24) is 19.7 Å². The molecule has 2 aromatic rings. The van der Waals surface area contributed by atoms with Crippen LogP contribution in [0.5, 0.6) is 0 Å². The van der Waals surface area contributed by atoms with Crippen molar-refractivity contribution in [2.75, 3.05) is 32.7 Å². The van der Waals surface area contributed by atoms with E-state index in [2.05, 4.69) is 10.2 Å². The van der Waals surface area contributed by atoms with Crippen molar-refractivity contribution < 1.29 is 14.4 Å². The molecule has 3 atom stereocenters. The fourth-order valence-corrected chi connectivity index (χ4v) is 6.18. The van der Waals surface area contributed by atoms with Crippen LogP contribution >= 0.6 is 0 Å². The monoisotopic (exact) mass is 504 g/mol. The van der Waals surface area contributed by atoms with Crippen LogP contribution in [0.25, 0.3) is 0 Å². The van der Waals surface area contributed by atoms with E-state index in [0.717, 1.165) is 50.3 Å². The highest BCUT2D eigenvalue weighted by molar-refractivity contribution is 5.97. The van der Waals surface area contributed by atoms with Crippen LogP contribution < -0.4 is 10.9 Å². The number of carbonyl (C=O) groups is 3. The van der Waals surface area contributed by atoms with Crippen LogP contribution in [0.4, 0.5) is 0 Å². The van der Waals surface area contributed by atoms with E-state index in [4.69, 9.17) is 0 Å². The molecule has 2 aliphatic heterocycles. The third-order valence-electron chi connectivity index (χ3n) is 8.56. The van der Waals surface area contributed by atoms with E-state index < -0.39 is 0 Å². The number of nitrogens with one attached hydrogen (secondary N) is 1. The van der Waals surface area contributed by atoms with E-state index in [9.17, 15) is 19.2 Å². The molecule has 1 aliphatic carbocycles. The molecule has 1 N–H and O–H groups in total. The lowest BCUT2D eigenvalue weighted by atomic mass is 9.83. The second-order valence-corrected chi connectivity index (χ2v) is 11.1. The Morgan fingerprint density at radius 3 is 2.27 bits per heavy atom. The minimum absolute atomic E-state index is 0.0212. The van der Waals surface area contributed by atoms with Crippen molar-refractivity contribution in [1.29, 1.82) is 0 Å². The first-order valence-electron chi connectivity index (χ1n) is 13.3. The molecule has 2 saturated heterocycles. The highest BCUT2D eigenvalue weighted by Gasteiger charge is 2.42. The number of Topliss-reactive ketones (excluding diaryl/α,β-unsaturated/α-hetero) is 1. The average Bonchev–Trinajstić information content (AvgIpc) is 3.42. The number of carbonyl (C=O) groups excluding carboxylic acids is 3. The summed E-state index contributed by atoms with van der Waals surface area (Å²) in [6.45, 7) is 7.88. The minimum Gasteiger partial charge on any atom is -0.349 e. The number of aryl methyl sites for hydroxylation is 1. The summed E-state index contributed by atoms with van der Waals surface area (Å²) in [5.74, 6) is 0.838. The van der Waals surface area contributed by atoms with Crippen LogP contribution in [0.15, 0.2) is 41.2 Å². The van der Waals surface area contributed by atoms with Gasteiger partial charge in [-0.25, -0.2) is 0 Å². The molecule has 8 nitrogen and oxygen atoms in total. The van der Waals surface area contributed by atoms with Crippen LogP contribution in [-0.4, -0.2) is 64.7 Å². The van der Waals surface area contributed by atoms with Crippen LogP contribution in [0, 0.1) is 31.6 Å². The summed E-state index contributed by atoms with van der Waals surface area (Å²) in [4.78, 5) is 53.9. The zero-order valence-electron chi connectivity index (χ0n) is 21.9. The second kappa shape index (κ2) is 10.2. The van der Waals surface area contributed by atoms with Gasteiger partial charge in [-0.15, -0.1) is 0 Å². The normalized spacial score (nSPS) is 22.6. The third-order valence-corrected chi connectivity index (χ3v) is 8.56. The van der Waals surface area contributed by atoms with E-state index >= 15 is 0 Å². The topological polar surface area (TPSA) is 91.7 Å². The van der Waals surface area contributed by atoms with Gasteiger partial charge < -0.3 is 19.7 Å². The molecule has 2 amide bonds. The molecule has 3 aliphatic rings. The first-order chi connectivity index (χ1) is 17.7. The van der Waals surface area contributed by atoms with Gasteiger partial charge in [-0.1, -0.05) is 30.3 Å². The Morgan fingerprint density at radius 1 is 1.00 bits per heavy atom. The number of pyridine rings is 1. The molecule has 3 heterocycles. The van der Waals surface area contributed by atoms with E-state index in [0.29, 0.717) is 35.9 Å². The maximum Gasteiger partial charge on any atom is 0.255 e. The SMILES string of the molecule is Cc1cc(=O)n(C)c(C)c1C(=O)N1CC2CN(CCC(NC(=O)C3CC(=O)C3)c3ccccc3)C[C@H]2C1. The highest BCUT2D eigenvalue weighted by Crippen LogP contribution is 2.33. The fraction of sp³-hybridized carbons (Fsp3) is 0.517. The van der Waals surface area contributed by atoms with Gasteiger partial charge in [0.1, 0.15) is 5.78 Å². The number of aromatic nitrogens is 1. The Morgan fingerprint density at radius 2 is 1.65 bits per heavy atom. The van der Waals surface area contributed by atoms with Gasteiger partial charge in [0.15, 0.2) is 0 Å². The van der Waals surface area contributed by atoms with Gasteiger partial charge in [-0.3, -0.25) is 19.2 Å². The summed E-state index contributed by atoms with van der Waals surface area (Å²) in [6, 6.07) is 11.5. The van der Waals surface area contributed by atoms with Crippen molar-refractivity contribution >= 4 is 17.6 Å². The van der Waals surface area contributed by atoms with Crippen molar-refractivity contribution in [3.05, 3.63) is 69.1 Å². The van der Waals surface area contributed by atoms with E-state index in [-0.39, 0.29) is 35.1 Å². The molecule has 1 aromatic heterocycles. The first kappa shape index (κ1) is 25.4. The van der Waals surface area contributed by atoms with E-state index in [1.165, 1.54) is 0 Å². The van der Waals surface area contributed by atoms with Gasteiger partial charge in [-0.2, -0.15) is 0 Å². The summed E-state index contributed by atoms with van der Waals surface area (Å²) in [7, 11) is 1.71. The summed E-state index contributed by atoms with van der Waals surface area (Å²) in [5, 5.41) is 3.19. The maximum atomic E-state index is 13.4. The van der Waals surface area contributed by atoms with Gasteiger partial charge in [0.25, 0.3) is 11.5 Å². The van der Waals surface area contributed by atoms with Crippen molar-refractivity contribution in [2.45, 2.75) is 39.2 Å². The Kier molecular flexibility index (Phi) is 7.03. The fourth-order valence-electron chi connectivity index (χ4n) is 6.18. The minimum atomic E-state index is -0.187. The molecule has 8 heteroatoms. The molecule has 1 aromatic carbocycles. The van der Waals surface area contributed by atoms with Gasteiger partial charge in [0.05, 0.1) is 17.5 Å². The Hall–Kier alpha value is -3.26. The molecule has 1 saturated carbocycles. The molecule has 196 valence electrons. The molecule has 3 fully saturated rings. The van der Waals surface area contributed by atoms with Gasteiger partial charge >= 0.3 is 0 Å². The second-order valence-electron chi connectivity index (χ2n) is 11.1. The molecule has 37 heavy (non-hydrogen) atoms. The number of fused-ring (bicyclic) bond motifs is 1. The lowest BCUT2D eigenvalue weighted by Crippen LogP contribution is -2.41. The Bertz CT molecular complexity index is 1250. The van der Waals surface area contributed by atoms with Gasteiger partial charge in [0, 0.05) is 64.4 Å².